The Bertz CT molecular complexity index is 1080. The summed E-state index contributed by atoms with van der Waals surface area (Å²) in [4.78, 5) is 25.6. The third kappa shape index (κ3) is 2.27. The van der Waals surface area contributed by atoms with Crippen molar-refractivity contribution in [1.29, 1.82) is 0 Å². The lowest BCUT2D eigenvalue weighted by Gasteiger charge is -2.22. The molecule has 0 amide bonds. The molecule has 0 saturated heterocycles. The van der Waals surface area contributed by atoms with Crippen LogP contribution in [0.1, 0.15) is 43.0 Å². The number of hydrogen-bond acceptors (Lipinski definition) is 2. The van der Waals surface area contributed by atoms with E-state index in [0.717, 1.165) is 11.5 Å². The Morgan fingerprint density at radius 2 is 1.32 bits per heavy atom. The largest absolute Gasteiger partial charge is 0.417 e. The maximum absolute atomic E-state index is 13.4. The molecule has 3 aromatic carbocycles. The molecule has 0 aromatic heterocycles. The molecule has 0 saturated carbocycles. The Hall–Kier alpha value is -2.95. The van der Waals surface area contributed by atoms with E-state index in [1.165, 1.54) is 19.1 Å². The van der Waals surface area contributed by atoms with E-state index in [1.807, 2.05) is 0 Å². The first kappa shape index (κ1) is 15.6. The molecule has 0 N–H and O–H groups in total. The molecule has 1 aliphatic rings. The summed E-state index contributed by atoms with van der Waals surface area (Å²) in [6.07, 6.45) is -4.71. The number of alkyl halides is 3. The van der Waals surface area contributed by atoms with Crippen LogP contribution in [0.4, 0.5) is 13.2 Å². The van der Waals surface area contributed by atoms with Crippen LogP contribution < -0.4 is 0 Å². The molecule has 0 spiro atoms. The van der Waals surface area contributed by atoms with Gasteiger partial charge >= 0.3 is 6.18 Å². The monoisotopic (exact) mass is 340 g/mol. The summed E-state index contributed by atoms with van der Waals surface area (Å²) in [6.45, 7) is 1.48. The van der Waals surface area contributed by atoms with Crippen molar-refractivity contribution in [3.8, 4) is 0 Å². The van der Waals surface area contributed by atoms with Gasteiger partial charge in [0.2, 0.25) is 0 Å². The number of ketones is 2. The quantitative estimate of drug-likeness (QED) is 0.454. The highest BCUT2D eigenvalue weighted by molar-refractivity contribution is 6.30. The third-order valence-corrected chi connectivity index (χ3v) is 4.43. The highest BCUT2D eigenvalue weighted by atomic mass is 19.4. The minimum absolute atomic E-state index is 0.0190. The van der Waals surface area contributed by atoms with E-state index < -0.39 is 28.9 Å². The molecule has 2 nitrogen and oxygen atoms in total. The second-order valence-corrected chi connectivity index (χ2v) is 6.14. The summed E-state index contributed by atoms with van der Waals surface area (Å²) >= 11 is 0. The maximum atomic E-state index is 13.4. The summed E-state index contributed by atoms with van der Waals surface area (Å²) in [5, 5.41) is 1.46. The topological polar surface area (TPSA) is 34.1 Å². The van der Waals surface area contributed by atoms with Crippen molar-refractivity contribution >= 4 is 22.3 Å². The second-order valence-electron chi connectivity index (χ2n) is 6.14. The molecule has 0 fully saturated rings. The van der Waals surface area contributed by atoms with Gasteiger partial charge in [-0.2, -0.15) is 13.2 Å². The molecule has 0 radical (unpaired) electrons. The minimum Gasteiger partial charge on any atom is -0.289 e. The zero-order chi connectivity index (χ0) is 17.9. The van der Waals surface area contributed by atoms with Crippen molar-refractivity contribution in [2.75, 3.05) is 0 Å². The van der Waals surface area contributed by atoms with Gasteiger partial charge in [-0.3, -0.25) is 9.59 Å². The molecular formula is C20H11F3O2. The van der Waals surface area contributed by atoms with Crippen molar-refractivity contribution in [3.63, 3.8) is 0 Å². The Morgan fingerprint density at radius 3 is 1.88 bits per heavy atom. The van der Waals surface area contributed by atoms with E-state index >= 15 is 0 Å². The van der Waals surface area contributed by atoms with Gasteiger partial charge in [0.25, 0.3) is 0 Å². The first-order valence-electron chi connectivity index (χ1n) is 7.61. The number of aryl methyl sites for hydroxylation is 1. The van der Waals surface area contributed by atoms with Gasteiger partial charge in [0.05, 0.1) is 5.56 Å². The van der Waals surface area contributed by atoms with Gasteiger partial charge in [-0.25, -0.2) is 0 Å². The minimum atomic E-state index is -4.71. The number of rotatable bonds is 0. The Morgan fingerprint density at radius 1 is 0.760 bits per heavy atom. The lowest BCUT2D eigenvalue weighted by atomic mass is 9.80. The fraction of sp³-hybridized carbons (Fsp3) is 0.100. The van der Waals surface area contributed by atoms with Crippen LogP contribution in [0.25, 0.3) is 10.8 Å². The van der Waals surface area contributed by atoms with Crippen LogP contribution in [0.5, 0.6) is 0 Å². The average Bonchev–Trinajstić information content (AvgIpc) is 2.57. The van der Waals surface area contributed by atoms with Crippen molar-refractivity contribution < 1.29 is 22.8 Å². The van der Waals surface area contributed by atoms with Crippen molar-refractivity contribution in [3.05, 3.63) is 81.9 Å². The number of carbonyl (C=O) groups is 2. The second kappa shape index (κ2) is 5.02. The molecule has 124 valence electrons. The van der Waals surface area contributed by atoms with Crippen molar-refractivity contribution in [1.82, 2.24) is 0 Å². The number of halogens is 3. The highest BCUT2D eigenvalue weighted by Crippen LogP contribution is 2.39. The van der Waals surface area contributed by atoms with E-state index in [0.29, 0.717) is 5.39 Å². The highest BCUT2D eigenvalue weighted by Gasteiger charge is 2.41. The molecule has 3 aromatic rings. The van der Waals surface area contributed by atoms with Gasteiger partial charge in [0.15, 0.2) is 11.6 Å². The summed E-state index contributed by atoms with van der Waals surface area (Å²) in [6, 6.07) is 12.4. The van der Waals surface area contributed by atoms with E-state index in [4.69, 9.17) is 0 Å². The van der Waals surface area contributed by atoms with Gasteiger partial charge in [-0.15, -0.1) is 0 Å². The summed E-state index contributed by atoms with van der Waals surface area (Å²) in [5.41, 5.74) is -1.33. The molecule has 25 heavy (non-hydrogen) atoms. The van der Waals surface area contributed by atoms with E-state index in [9.17, 15) is 22.8 Å². The van der Waals surface area contributed by atoms with Crippen LogP contribution in [-0.4, -0.2) is 11.6 Å². The SMILES string of the molecule is Cc1cc2c(c(C(F)(F)F)c1)C(=O)c1cc3ccccc3cc1C2=O. The van der Waals surface area contributed by atoms with E-state index in [-0.39, 0.29) is 22.3 Å². The number of hydrogen-bond donors (Lipinski definition) is 0. The maximum Gasteiger partial charge on any atom is 0.417 e. The van der Waals surface area contributed by atoms with Crippen LogP contribution in [0, 0.1) is 6.92 Å². The zero-order valence-corrected chi connectivity index (χ0v) is 13.1. The van der Waals surface area contributed by atoms with Crippen LogP contribution in [0.3, 0.4) is 0 Å². The Balaban J connectivity index is 2.07. The smallest absolute Gasteiger partial charge is 0.289 e. The van der Waals surface area contributed by atoms with Gasteiger partial charge in [0.1, 0.15) is 0 Å². The first-order chi connectivity index (χ1) is 11.8. The molecule has 0 unspecified atom stereocenters. The fourth-order valence-corrected chi connectivity index (χ4v) is 3.33. The predicted octanol–water partition coefficient (Wildman–Crippen LogP) is 4.94. The van der Waals surface area contributed by atoms with Crippen LogP contribution in [-0.2, 0) is 6.18 Å². The third-order valence-electron chi connectivity index (χ3n) is 4.43. The lowest BCUT2D eigenvalue weighted by molar-refractivity contribution is -0.137. The van der Waals surface area contributed by atoms with Gasteiger partial charge in [-0.1, -0.05) is 24.3 Å². The molecule has 4 rings (SSSR count). The van der Waals surface area contributed by atoms with Gasteiger partial charge < -0.3 is 0 Å². The van der Waals surface area contributed by atoms with Crippen LogP contribution in [0.2, 0.25) is 0 Å². The zero-order valence-electron chi connectivity index (χ0n) is 13.1. The van der Waals surface area contributed by atoms with Gasteiger partial charge in [-0.05, 0) is 47.5 Å². The van der Waals surface area contributed by atoms with Crippen LogP contribution in [0.15, 0.2) is 48.5 Å². The van der Waals surface area contributed by atoms with E-state index in [1.54, 1.807) is 30.3 Å². The Kier molecular flexibility index (Phi) is 3.13. The van der Waals surface area contributed by atoms with E-state index in [2.05, 4.69) is 0 Å². The normalized spacial score (nSPS) is 13.8. The first-order valence-corrected chi connectivity index (χ1v) is 7.61. The molecule has 0 atom stereocenters. The summed E-state index contributed by atoms with van der Waals surface area (Å²) < 4.78 is 40.3. The van der Waals surface area contributed by atoms with Gasteiger partial charge in [0, 0.05) is 22.3 Å². The van der Waals surface area contributed by atoms with Crippen molar-refractivity contribution in [2.24, 2.45) is 0 Å². The fourth-order valence-electron chi connectivity index (χ4n) is 3.33. The Labute approximate surface area is 140 Å². The molecular weight excluding hydrogens is 329 g/mol. The number of benzene rings is 3. The summed E-state index contributed by atoms with van der Waals surface area (Å²) in [7, 11) is 0. The molecule has 1 aliphatic carbocycles. The summed E-state index contributed by atoms with van der Waals surface area (Å²) in [5.74, 6) is -1.31. The lowest BCUT2D eigenvalue weighted by Crippen LogP contribution is -2.25. The van der Waals surface area contributed by atoms with Crippen molar-refractivity contribution in [2.45, 2.75) is 13.1 Å². The number of fused-ring (bicyclic) bond motifs is 3. The molecule has 0 heterocycles. The molecule has 5 heteroatoms. The molecule has 0 aliphatic heterocycles. The predicted molar refractivity (Wildman–Crippen MR) is 87.0 cm³/mol. The number of carbonyl (C=O) groups excluding carboxylic acids is 2. The standard InChI is InChI=1S/C20H11F3O2/c1-10-6-15-17(16(7-10)20(21,22)23)19(25)14-9-12-5-3-2-4-11(12)8-13(14)18(15)24/h2-9H,1H3. The van der Waals surface area contributed by atoms with Crippen LogP contribution >= 0.6 is 0 Å². The molecule has 0 bridgehead atoms. The average molecular weight is 340 g/mol.